The number of carbonyl (C=O) groups is 1. The second-order valence-electron chi connectivity index (χ2n) is 6.08. The van der Waals surface area contributed by atoms with Gasteiger partial charge in [0.05, 0.1) is 18.7 Å². The molecule has 3 rings (SSSR count). The van der Waals surface area contributed by atoms with Crippen LogP contribution in [0.15, 0.2) is 30.3 Å². The standard InChI is InChI=1S/C19H18FN3O2/c1-23-6-5-13-14(15-9-12(20)3-4-17(15)25-2)7-11(10-21)8-16(13)18(23)19(22)24/h3-4,7-9,18H,5-6H2,1-2H3,(H2,22,24). The predicted molar refractivity (Wildman–Crippen MR) is 91.4 cm³/mol. The molecule has 1 heterocycles. The SMILES string of the molecule is COc1ccc(F)cc1-c1cc(C#N)cc2c1CCN(C)C2C(N)=O. The van der Waals surface area contributed by atoms with Crippen molar-refractivity contribution < 1.29 is 13.9 Å². The van der Waals surface area contributed by atoms with Crippen LogP contribution in [0.2, 0.25) is 0 Å². The van der Waals surface area contributed by atoms with E-state index in [9.17, 15) is 14.4 Å². The number of nitrogens with zero attached hydrogens (tertiary/aromatic N) is 2. The first-order valence-corrected chi connectivity index (χ1v) is 7.86. The van der Waals surface area contributed by atoms with Gasteiger partial charge in [-0.1, -0.05) is 0 Å². The normalized spacial score (nSPS) is 16.8. The maximum atomic E-state index is 13.8. The Hall–Kier alpha value is -2.91. The average Bonchev–Trinajstić information content (AvgIpc) is 2.59. The quantitative estimate of drug-likeness (QED) is 0.931. The Morgan fingerprint density at radius 3 is 2.76 bits per heavy atom. The summed E-state index contributed by atoms with van der Waals surface area (Å²) in [5.74, 6) is -0.366. The van der Waals surface area contributed by atoms with E-state index in [0.717, 1.165) is 5.56 Å². The zero-order valence-corrected chi connectivity index (χ0v) is 14.0. The summed E-state index contributed by atoms with van der Waals surface area (Å²) in [6.45, 7) is 0.636. The Morgan fingerprint density at radius 2 is 2.12 bits per heavy atom. The van der Waals surface area contributed by atoms with E-state index < -0.39 is 17.8 Å². The van der Waals surface area contributed by atoms with Gasteiger partial charge in [0.2, 0.25) is 5.91 Å². The molecule has 2 aromatic rings. The van der Waals surface area contributed by atoms with Crippen molar-refractivity contribution in [3.63, 3.8) is 0 Å². The Bertz CT molecular complexity index is 889. The first-order valence-electron chi connectivity index (χ1n) is 7.86. The Morgan fingerprint density at radius 1 is 1.36 bits per heavy atom. The number of ether oxygens (including phenoxy) is 1. The van der Waals surface area contributed by atoms with E-state index in [0.29, 0.717) is 41.0 Å². The van der Waals surface area contributed by atoms with Crippen molar-refractivity contribution in [3.8, 4) is 22.9 Å². The summed E-state index contributed by atoms with van der Waals surface area (Å²) in [5.41, 5.74) is 8.82. The topological polar surface area (TPSA) is 79.3 Å². The molecule has 0 radical (unpaired) electrons. The monoisotopic (exact) mass is 339 g/mol. The summed E-state index contributed by atoms with van der Waals surface area (Å²) in [7, 11) is 3.33. The van der Waals surface area contributed by atoms with Gasteiger partial charge in [0, 0.05) is 12.1 Å². The summed E-state index contributed by atoms with van der Waals surface area (Å²) < 4.78 is 19.2. The highest BCUT2D eigenvalue weighted by molar-refractivity contribution is 5.85. The third-order valence-electron chi connectivity index (χ3n) is 4.58. The van der Waals surface area contributed by atoms with Gasteiger partial charge in [0.1, 0.15) is 17.6 Å². The zero-order valence-electron chi connectivity index (χ0n) is 14.0. The maximum Gasteiger partial charge on any atom is 0.239 e. The number of hydrogen-bond acceptors (Lipinski definition) is 4. The van der Waals surface area contributed by atoms with Crippen molar-refractivity contribution in [2.45, 2.75) is 12.5 Å². The lowest BCUT2D eigenvalue weighted by atomic mass is 9.84. The van der Waals surface area contributed by atoms with E-state index in [2.05, 4.69) is 6.07 Å². The number of amides is 1. The van der Waals surface area contributed by atoms with E-state index in [4.69, 9.17) is 10.5 Å². The number of hydrogen-bond donors (Lipinski definition) is 1. The Kier molecular flexibility index (Phi) is 4.43. The Balaban J connectivity index is 2.31. The minimum Gasteiger partial charge on any atom is -0.496 e. The van der Waals surface area contributed by atoms with Gasteiger partial charge in [-0.25, -0.2) is 4.39 Å². The van der Waals surface area contributed by atoms with Gasteiger partial charge in [-0.15, -0.1) is 0 Å². The predicted octanol–water partition coefficient (Wildman–Crippen LogP) is 2.39. The number of likely N-dealkylation sites (N-methyl/N-ethyl adjacent to an activating group) is 1. The maximum absolute atomic E-state index is 13.8. The van der Waals surface area contributed by atoms with Gasteiger partial charge >= 0.3 is 0 Å². The number of halogens is 1. The largest absolute Gasteiger partial charge is 0.496 e. The summed E-state index contributed by atoms with van der Waals surface area (Å²) in [5, 5.41) is 9.40. The van der Waals surface area contributed by atoms with Gasteiger partial charge in [-0.05, 0) is 60.5 Å². The molecule has 1 unspecified atom stereocenters. The van der Waals surface area contributed by atoms with Crippen LogP contribution in [0.1, 0.15) is 22.7 Å². The molecule has 0 saturated carbocycles. The van der Waals surface area contributed by atoms with Crippen molar-refractivity contribution in [2.75, 3.05) is 20.7 Å². The van der Waals surface area contributed by atoms with Crippen molar-refractivity contribution in [1.29, 1.82) is 5.26 Å². The lowest BCUT2D eigenvalue weighted by molar-refractivity contribution is -0.123. The molecular formula is C19H18FN3O2. The fourth-order valence-electron chi connectivity index (χ4n) is 3.44. The van der Waals surface area contributed by atoms with Crippen LogP contribution >= 0.6 is 0 Å². The van der Waals surface area contributed by atoms with Crippen LogP contribution in [0.25, 0.3) is 11.1 Å². The number of nitriles is 1. The average molecular weight is 339 g/mol. The van der Waals surface area contributed by atoms with Crippen LogP contribution in [-0.4, -0.2) is 31.5 Å². The first-order chi connectivity index (χ1) is 12.0. The zero-order chi connectivity index (χ0) is 18.1. The van der Waals surface area contributed by atoms with Crippen molar-refractivity contribution >= 4 is 5.91 Å². The highest BCUT2D eigenvalue weighted by Gasteiger charge is 2.31. The van der Waals surface area contributed by atoms with Crippen molar-refractivity contribution in [1.82, 2.24) is 4.90 Å². The first kappa shape index (κ1) is 16.9. The lowest BCUT2D eigenvalue weighted by Gasteiger charge is -2.34. The minimum atomic E-state index is -0.615. The molecule has 0 saturated heterocycles. The van der Waals surface area contributed by atoms with Crippen molar-refractivity contribution in [3.05, 3.63) is 52.8 Å². The molecule has 1 atom stereocenters. The summed E-state index contributed by atoms with van der Waals surface area (Å²) in [4.78, 5) is 13.8. The molecule has 0 fully saturated rings. The summed E-state index contributed by atoms with van der Waals surface area (Å²) in [6, 6.07) is 9.15. The molecule has 0 spiro atoms. The number of primary amides is 1. The van der Waals surface area contributed by atoms with E-state index in [1.165, 1.54) is 19.2 Å². The number of nitrogens with two attached hydrogens (primary N) is 1. The minimum absolute atomic E-state index is 0.390. The second kappa shape index (κ2) is 6.54. The third kappa shape index (κ3) is 2.94. The fraction of sp³-hybridized carbons (Fsp3) is 0.263. The molecule has 2 N–H and O–H groups in total. The number of benzene rings is 2. The highest BCUT2D eigenvalue weighted by atomic mass is 19.1. The van der Waals surface area contributed by atoms with Crippen molar-refractivity contribution in [2.24, 2.45) is 5.73 Å². The number of methoxy groups -OCH3 is 1. The lowest BCUT2D eigenvalue weighted by Crippen LogP contribution is -2.40. The molecule has 1 aliphatic heterocycles. The Labute approximate surface area is 145 Å². The molecule has 0 bridgehead atoms. The molecular weight excluding hydrogens is 321 g/mol. The fourth-order valence-corrected chi connectivity index (χ4v) is 3.44. The van der Waals surface area contributed by atoms with Crippen LogP contribution in [0.5, 0.6) is 5.75 Å². The van der Waals surface area contributed by atoms with Crippen LogP contribution in [0.4, 0.5) is 4.39 Å². The molecule has 25 heavy (non-hydrogen) atoms. The molecule has 1 amide bonds. The molecule has 128 valence electrons. The smallest absolute Gasteiger partial charge is 0.239 e. The van der Waals surface area contributed by atoms with Gasteiger partial charge < -0.3 is 10.5 Å². The van der Waals surface area contributed by atoms with Crippen LogP contribution in [-0.2, 0) is 11.2 Å². The number of rotatable bonds is 3. The van der Waals surface area contributed by atoms with Crippen LogP contribution < -0.4 is 10.5 Å². The molecule has 5 nitrogen and oxygen atoms in total. The number of carbonyl (C=O) groups excluding carboxylic acids is 1. The van der Waals surface area contributed by atoms with Crippen LogP contribution in [0, 0.1) is 17.1 Å². The van der Waals surface area contributed by atoms with Gasteiger partial charge in [-0.2, -0.15) is 5.26 Å². The van der Waals surface area contributed by atoms with Crippen LogP contribution in [0.3, 0.4) is 0 Å². The number of fused-ring (bicyclic) bond motifs is 1. The second-order valence-corrected chi connectivity index (χ2v) is 6.08. The molecule has 0 aromatic heterocycles. The molecule has 6 heteroatoms. The summed E-state index contributed by atoms with van der Waals surface area (Å²) >= 11 is 0. The van der Waals surface area contributed by atoms with Gasteiger partial charge in [0.25, 0.3) is 0 Å². The molecule has 1 aliphatic rings. The third-order valence-corrected chi connectivity index (χ3v) is 4.58. The van der Waals surface area contributed by atoms with Gasteiger partial charge in [-0.3, -0.25) is 9.69 Å². The molecule has 0 aliphatic carbocycles. The van der Waals surface area contributed by atoms with E-state index >= 15 is 0 Å². The molecule has 2 aromatic carbocycles. The van der Waals surface area contributed by atoms with E-state index in [-0.39, 0.29) is 0 Å². The summed E-state index contributed by atoms with van der Waals surface area (Å²) in [6.07, 6.45) is 0.663. The van der Waals surface area contributed by atoms with Gasteiger partial charge in [0.15, 0.2) is 0 Å². The van der Waals surface area contributed by atoms with E-state index in [1.807, 2.05) is 11.9 Å². The highest BCUT2D eigenvalue weighted by Crippen LogP contribution is 2.40. The van der Waals surface area contributed by atoms with E-state index in [1.54, 1.807) is 18.2 Å².